The van der Waals surface area contributed by atoms with Gasteiger partial charge in [-0.05, 0) is 31.2 Å². The van der Waals surface area contributed by atoms with Gasteiger partial charge in [0.1, 0.15) is 11.6 Å². The number of fused-ring (bicyclic) bond motifs is 1. The molecule has 0 saturated heterocycles. The Balaban J connectivity index is 0. The molecule has 2 N–H and O–H groups in total. The molecule has 1 aromatic heterocycles. The van der Waals surface area contributed by atoms with Crippen LogP contribution in [0.5, 0.6) is 5.75 Å². The van der Waals surface area contributed by atoms with E-state index in [9.17, 15) is 5.11 Å². The Labute approximate surface area is 224 Å². The van der Waals surface area contributed by atoms with Gasteiger partial charge < -0.3 is 10.1 Å². The number of benzene rings is 2. The van der Waals surface area contributed by atoms with Crippen LogP contribution in [-0.2, 0) is 0 Å². The first-order valence-corrected chi connectivity index (χ1v) is 14.6. The maximum Gasteiger partial charge on any atom is 0.142 e. The fourth-order valence-electron chi connectivity index (χ4n) is 2.77. The van der Waals surface area contributed by atoms with Gasteiger partial charge in [-0.3, -0.25) is 0 Å². The molecule has 0 saturated carbocycles. The topological polar surface area (TPSA) is 48.9 Å². The van der Waals surface area contributed by atoms with E-state index in [4.69, 9.17) is 0 Å². The van der Waals surface area contributed by atoms with Crippen molar-refractivity contribution < 1.29 is 5.11 Å². The largest absolute Gasteiger partial charge is 0.507 e. The number of nitrogens with zero attached hydrogens (tertiary/aromatic N) is 1. The number of nitrogens with one attached hydrogen (secondary N) is 1. The average molecular weight is 499 g/mol. The van der Waals surface area contributed by atoms with Crippen LogP contribution in [0.2, 0.25) is 0 Å². The molecule has 0 bridgehead atoms. The molecule has 0 radical (unpaired) electrons. The van der Waals surface area contributed by atoms with Gasteiger partial charge in [0.25, 0.3) is 0 Å². The monoisotopic (exact) mass is 498 g/mol. The Bertz CT molecular complexity index is 807. The van der Waals surface area contributed by atoms with Crippen molar-refractivity contribution in [1.82, 2.24) is 9.97 Å². The van der Waals surface area contributed by atoms with Gasteiger partial charge in [-0.2, -0.15) is 0 Å². The molecule has 0 unspecified atom stereocenters. The number of hydrogen-bond donors (Lipinski definition) is 2. The lowest BCUT2D eigenvalue weighted by atomic mass is 10.1. The molecule has 3 aromatic rings. The normalized spacial score (nSPS) is 9.47. The summed E-state index contributed by atoms with van der Waals surface area (Å²) in [7, 11) is 0. The average Bonchev–Trinajstić information content (AvgIpc) is 3.34. The number of aryl methyl sites for hydroxylation is 1. The number of phenolic OH excluding ortho intramolecular Hbond substituents is 1. The Morgan fingerprint density at radius 3 is 1.56 bits per heavy atom. The fourth-order valence-corrected chi connectivity index (χ4v) is 2.77. The van der Waals surface area contributed by atoms with Gasteiger partial charge >= 0.3 is 0 Å². The van der Waals surface area contributed by atoms with Gasteiger partial charge in [0, 0.05) is 0 Å². The van der Waals surface area contributed by atoms with E-state index in [1.165, 1.54) is 70.6 Å². The van der Waals surface area contributed by atoms with Gasteiger partial charge in [0.2, 0.25) is 0 Å². The molecule has 3 heteroatoms. The smallest absolute Gasteiger partial charge is 0.142 e. The standard InChI is InChI=1S/C14H12N2O.C6H14.C5H12.2C4H10/c1-9-6-7-13(17)10(8-9)14-15-11-4-2-3-5-12(11)16-14;1-3-5-6-4-2;1-3-5-4-2;2*1-3-4-2/h2-8,17H,1H3,(H,15,16);3-6H2,1-2H3;3-5H2,1-2H3;2*3-4H2,1-2H3. The van der Waals surface area contributed by atoms with Crippen molar-refractivity contribution >= 4 is 11.0 Å². The summed E-state index contributed by atoms with van der Waals surface area (Å²) < 4.78 is 0. The molecule has 0 atom stereocenters. The first-order chi connectivity index (χ1) is 17.4. The zero-order valence-electron chi connectivity index (χ0n) is 25.2. The van der Waals surface area contributed by atoms with Crippen molar-refractivity contribution in [3.8, 4) is 17.1 Å². The minimum atomic E-state index is 0.245. The van der Waals surface area contributed by atoms with Crippen LogP contribution in [0.4, 0.5) is 0 Å². The second-order valence-electron chi connectivity index (χ2n) is 9.18. The summed E-state index contributed by atoms with van der Waals surface area (Å²) >= 11 is 0. The van der Waals surface area contributed by atoms with Crippen molar-refractivity contribution in [3.63, 3.8) is 0 Å². The summed E-state index contributed by atoms with van der Waals surface area (Å²) in [5.74, 6) is 0.946. The molecule has 0 aliphatic carbocycles. The summed E-state index contributed by atoms with van der Waals surface area (Å²) in [4.78, 5) is 7.68. The third-order valence-electron chi connectivity index (χ3n) is 5.46. The van der Waals surface area contributed by atoms with E-state index in [0.29, 0.717) is 5.82 Å². The first-order valence-electron chi connectivity index (χ1n) is 14.6. The lowest BCUT2D eigenvalue weighted by Gasteiger charge is -2.01. The predicted octanol–water partition coefficient (Wildman–Crippen LogP) is 11.6. The maximum atomic E-state index is 9.85. The molecular weight excluding hydrogens is 440 g/mol. The van der Waals surface area contributed by atoms with E-state index in [1.807, 2.05) is 43.3 Å². The van der Waals surface area contributed by atoms with Crippen LogP contribution in [0, 0.1) is 6.92 Å². The Hall–Kier alpha value is -2.29. The summed E-state index contributed by atoms with van der Waals surface area (Å²) in [5, 5.41) is 9.85. The molecule has 206 valence electrons. The predicted molar refractivity (Wildman–Crippen MR) is 164 cm³/mol. The molecule has 2 aromatic carbocycles. The van der Waals surface area contributed by atoms with Crippen LogP contribution >= 0.6 is 0 Å². The Morgan fingerprint density at radius 1 is 0.639 bits per heavy atom. The van der Waals surface area contributed by atoms with Gasteiger partial charge in [0.05, 0.1) is 16.6 Å². The zero-order chi connectivity index (χ0) is 27.6. The number of hydrogen-bond acceptors (Lipinski definition) is 2. The van der Waals surface area contributed by atoms with E-state index in [1.54, 1.807) is 6.07 Å². The van der Waals surface area contributed by atoms with E-state index < -0.39 is 0 Å². The Kier molecular flexibility index (Phi) is 25.7. The number of para-hydroxylation sites is 2. The van der Waals surface area contributed by atoms with Crippen molar-refractivity contribution in [3.05, 3.63) is 48.0 Å². The quantitative estimate of drug-likeness (QED) is 0.303. The number of phenols is 1. The number of H-pyrrole nitrogens is 1. The van der Waals surface area contributed by atoms with Crippen LogP contribution in [-0.4, -0.2) is 15.1 Å². The molecule has 3 rings (SSSR count). The highest BCUT2D eigenvalue weighted by Crippen LogP contribution is 2.29. The first kappa shape index (κ1) is 35.9. The molecular formula is C33H58N2O. The molecule has 0 spiro atoms. The second kappa shape index (κ2) is 25.8. The van der Waals surface area contributed by atoms with Gasteiger partial charge in [0.15, 0.2) is 0 Å². The van der Waals surface area contributed by atoms with Crippen molar-refractivity contribution in [2.75, 3.05) is 0 Å². The second-order valence-corrected chi connectivity index (χ2v) is 9.18. The van der Waals surface area contributed by atoms with Crippen LogP contribution in [0.15, 0.2) is 42.5 Å². The van der Waals surface area contributed by atoms with E-state index >= 15 is 0 Å². The number of unbranched alkanes of at least 4 members (excludes halogenated alkanes) is 7. The number of aromatic amines is 1. The molecule has 0 aliphatic rings. The highest BCUT2D eigenvalue weighted by Gasteiger charge is 2.09. The molecule has 0 amide bonds. The van der Waals surface area contributed by atoms with Crippen molar-refractivity contribution in [2.24, 2.45) is 0 Å². The highest BCUT2D eigenvalue weighted by atomic mass is 16.3. The van der Waals surface area contributed by atoms with Gasteiger partial charge in [-0.25, -0.2) is 4.98 Å². The van der Waals surface area contributed by atoms with Gasteiger partial charge in [-0.1, -0.05) is 150 Å². The number of aromatic hydroxyl groups is 1. The summed E-state index contributed by atoms with van der Waals surface area (Å²) in [5.41, 5.74) is 3.71. The number of imidazole rings is 1. The lowest BCUT2D eigenvalue weighted by molar-refractivity contribution is 0.477. The summed E-state index contributed by atoms with van der Waals surface area (Å²) in [6.07, 6.45) is 14.9. The molecule has 36 heavy (non-hydrogen) atoms. The SMILES string of the molecule is CCCC.CCCC.CCCCC.CCCCCC.Cc1ccc(O)c(-c2nc3ccccc3[nH]2)c1. The van der Waals surface area contributed by atoms with Crippen LogP contribution < -0.4 is 0 Å². The van der Waals surface area contributed by atoms with Crippen LogP contribution in [0.1, 0.15) is 132 Å². The van der Waals surface area contributed by atoms with E-state index in [2.05, 4.69) is 65.4 Å². The maximum absolute atomic E-state index is 9.85. The minimum absolute atomic E-state index is 0.245. The minimum Gasteiger partial charge on any atom is -0.507 e. The van der Waals surface area contributed by atoms with Crippen LogP contribution in [0.25, 0.3) is 22.4 Å². The van der Waals surface area contributed by atoms with E-state index in [-0.39, 0.29) is 5.75 Å². The number of aromatic nitrogens is 2. The van der Waals surface area contributed by atoms with E-state index in [0.717, 1.165) is 22.2 Å². The third kappa shape index (κ3) is 18.0. The van der Waals surface area contributed by atoms with Gasteiger partial charge in [-0.15, -0.1) is 0 Å². The zero-order valence-corrected chi connectivity index (χ0v) is 25.2. The molecule has 3 nitrogen and oxygen atoms in total. The summed E-state index contributed by atoms with van der Waals surface area (Å²) in [6, 6.07) is 13.3. The summed E-state index contributed by atoms with van der Waals surface area (Å²) in [6.45, 7) is 19.6. The highest BCUT2D eigenvalue weighted by molar-refractivity contribution is 5.80. The lowest BCUT2D eigenvalue weighted by Crippen LogP contribution is -1.83. The fraction of sp³-hybridized carbons (Fsp3) is 0.606. The van der Waals surface area contributed by atoms with Crippen molar-refractivity contribution in [1.29, 1.82) is 0 Å². The molecule has 0 fully saturated rings. The number of rotatable bonds is 8. The molecule has 0 aliphatic heterocycles. The molecule has 1 heterocycles. The van der Waals surface area contributed by atoms with Crippen LogP contribution in [0.3, 0.4) is 0 Å². The Morgan fingerprint density at radius 2 is 1.14 bits per heavy atom. The van der Waals surface area contributed by atoms with Crippen molar-refractivity contribution in [2.45, 2.75) is 133 Å². The third-order valence-corrected chi connectivity index (χ3v) is 5.46.